The normalized spacial score (nSPS) is 13.0. The molecule has 0 fully saturated rings. The third-order valence-electron chi connectivity index (χ3n) is 3.84. The number of nitrogens with zero attached hydrogens (tertiary/aromatic N) is 5. The van der Waals surface area contributed by atoms with Crippen LogP contribution < -0.4 is 9.80 Å². The molecule has 7 nitrogen and oxygen atoms in total. The number of fused-ring (bicyclic) bond motifs is 2. The lowest BCUT2D eigenvalue weighted by Crippen LogP contribution is -2.30. The monoisotopic (exact) mass is 309 g/mol. The standard InChI is InChI=1S/C16H15N5O2/c1-20-12-4-3-11(14-8-17-9-23-14)7-13(12)21(10-22-2)16-15(20)18-5-6-19-16/h3-9H,10H2,1-2H3. The molecule has 3 heterocycles. The summed E-state index contributed by atoms with van der Waals surface area (Å²) in [6.45, 7) is 0.381. The summed E-state index contributed by atoms with van der Waals surface area (Å²) in [5, 5.41) is 0. The Morgan fingerprint density at radius 3 is 2.70 bits per heavy atom. The Morgan fingerprint density at radius 2 is 1.96 bits per heavy atom. The Balaban J connectivity index is 1.89. The summed E-state index contributed by atoms with van der Waals surface area (Å²) in [5.41, 5.74) is 2.96. The van der Waals surface area contributed by atoms with Gasteiger partial charge in [-0.3, -0.25) is 4.90 Å². The van der Waals surface area contributed by atoms with E-state index in [1.165, 1.54) is 6.39 Å². The zero-order valence-electron chi connectivity index (χ0n) is 12.8. The van der Waals surface area contributed by atoms with Gasteiger partial charge in [0, 0.05) is 32.1 Å². The Hall–Kier alpha value is -2.93. The first kappa shape index (κ1) is 13.7. The van der Waals surface area contributed by atoms with Crippen LogP contribution in [0.15, 0.2) is 47.6 Å². The number of oxazole rings is 1. The van der Waals surface area contributed by atoms with Crippen LogP contribution in [0.3, 0.4) is 0 Å². The van der Waals surface area contributed by atoms with Crippen molar-refractivity contribution in [3.05, 3.63) is 43.2 Å². The van der Waals surface area contributed by atoms with E-state index in [9.17, 15) is 0 Å². The zero-order valence-corrected chi connectivity index (χ0v) is 12.8. The topological polar surface area (TPSA) is 67.5 Å². The van der Waals surface area contributed by atoms with Crippen molar-refractivity contribution in [1.82, 2.24) is 15.0 Å². The van der Waals surface area contributed by atoms with Gasteiger partial charge < -0.3 is 14.1 Å². The molecular weight excluding hydrogens is 294 g/mol. The number of anilines is 4. The van der Waals surface area contributed by atoms with E-state index in [-0.39, 0.29) is 0 Å². The molecule has 0 N–H and O–H groups in total. The average Bonchev–Trinajstić information content (AvgIpc) is 3.13. The van der Waals surface area contributed by atoms with Gasteiger partial charge in [-0.2, -0.15) is 0 Å². The predicted octanol–water partition coefficient (Wildman–Crippen LogP) is 2.95. The Kier molecular flexibility index (Phi) is 3.20. The Labute approximate surface area is 133 Å². The summed E-state index contributed by atoms with van der Waals surface area (Å²) in [5.74, 6) is 2.28. The summed E-state index contributed by atoms with van der Waals surface area (Å²) in [4.78, 5) is 16.9. The van der Waals surface area contributed by atoms with Crippen LogP contribution in [0.1, 0.15) is 0 Å². The third kappa shape index (κ3) is 2.13. The van der Waals surface area contributed by atoms with E-state index >= 15 is 0 Å². The quantitative estimate of drug-likeness (QED) is 0.736. The smallest absolute Gasteiger partial charge is 0.181 e. The van der Waals surface area contributed by atoms with E-state index in [0.29, 0.717) is 6.73 Å². The number of methoxy groups -OCH3 is 1. The van der Waals surface area contributed by atoms with Crippen LogP contribution in [0, 0.1) is 0 Å². The van der Waals surface area contributed by atoms with E-state index < -0.39 is 0 Å². The highest BCUT2D eigenvalue weighted by Crippen LogP contribution is 2.45. The molecule has 0 saturated heterocycles. The first-order valence-electron chi connectivity index (χ1n) is 7.13. The van der Waals surface area contributed by atoms with Crippen LogP contribution in [0.2, 0.25) is 0 Å². The molecule has 116 valence electrons. The minimum absolute atomic E-state index is 0.381. The molecule has 2 aromatic heterocycles. The molecule has 0 aliphatic carbocycles. The summed E-state index contributed by atoms with van der Waals surface area (Å²) in [6.07, 6.45) is 6.49. The van der Waals surface area contributed by atoms with Crippen LogP contribution in [0.25, 0.3) is 11.3 Å². The molecule has 0 bridgehead atoms. The van der Waals surface area contributed by atoms with Gasteiger partial charge >= 0.3 is 0 Å². The predicted molar refractivity (Wildman–Crippen MR) is 86.0 cm³/mol. The van der Waals surface area contributed by atoms with Crippen LogP contribution in [-0.4, -0.2) is 35.8 Å². The van der Waals surface area contributed by atoms with Gasteiger partial charge in [0.25, 0.3) is 0 Å². The minimum atomic E-state index is 0.381. The highest BCUT2D eigenvalue weighted by Gasteiger charge is 2.29. The maximum Gasteiger partial charge on any atom is 0.181 e. The fourth-order valence-corrected chi connectivity index (χ4v) is 2.77. The minimum Gasteiger partial charge on any atom is -0.444 e. The van der Waals surface area contributed by atoms with Crippen LogP contribution in [0.4, 0.5) is 23.0 Å². The van der Waals surface area contributed by atoms with E-state index in [0.717, 1.165) is 34.3 Å². The van der Waals surface area contributed by atoms with Crippen molar-refractivity contribution in [1.29, 1.82) is 0 Å². The van der Waals surface area contributed by atoms with Gasteiger partial charge in [-0.05, 0) is 18.2 Å². The molecule has 1 aliphatic heterocycles. The molecule has 1 aliphatic rings. The van der Waals surface area contributed by atoms with Crippen LogP contribution in [0.5, 0.6) is 0 Å². The first-order chi connectivity index (χ1) is 11.3. The Morgan fingerprint density at radius 1 is 1.13 bits per heavy atom. The molecule has 0 unspecified atom stereocenters. The first-order valence-corrected chi connectivity index (χ1v) is 7.13. The molecule has 1 aromatic carbocycles. The zero-order chi connectivity index (χ0) is 15.8. The molecular formula is C16H15N5O2. The molecule has 23 heavy (non-hydrogen) atoms. The maximum atomic E-state index is 5.40. The van der Waals surface area contributed by atoms with Crippen molar-refractivity contribution >= 4 is 23.0 Å². The van der Waals surface area contributed by atoms with E-state index in [2.05, 4.69) is 15.0 Å². The van der Waals surface area contributed by atoms with Crippen molar-refractivity contribution in [3.63, 3.8) is 0 Å². The average molecular weight is 309 g/mol. The number of hydrogen-bond acceptors (Lipinski definition) is 7. The summed E-state index contributed by atoms with van der Waals surface area (Å²) in [7, 11) is 3.64. The second-order valence-corrected chi connectivity index (χ2v) is 5.18. The molecule has 7 heteroatoms. The number of hydrogen-bond donors (Lipinski definition) is 0. The second-order valence-electron chi connectivity index (χ2n) is 5.18. The van der Waals surface area contributed by atoms with Gasteiger partial charge in [-0.15, -0.1) is 0 Å². The van der Waals surface area contributed by atoms with Crippen molar-refractivity contribution in [2.75, 3.05) is 30.7 Å². The molecule has 3 aromatic rings. The number of aromatic nitrogens is 3. The number of benzene rings is 1. The van der Waals surface area contributed by atoms with Crippen molar-refractivity contribution in [2.45, 2.75) is 0 Å². The van der Waals surface area contributed by atoms with Crippen LogP contribution >= 0.6 is 0 Å². The van der Waals surface area contributed by atoms with Gasteiger partial charge in [0.05, 0.1) is 17.6 Å². The largest absolute Gasteiger partial charge is 0.444 e. The fraction of sp³-hybridized carbons (Fsp3) is 0.188. The molecule has 0 saturated carbocycles. The third-order valence-corrected chi connectivity index (χ3v) is 3.84. The molecule has 0 amide bonds. The van der Waals surface area contributed by atoms with Crippen molar-refractivity contribution in [3.8, 4) is 11.3 Å². The molecule has 0 radical (unpaired) electrons. The van der Waals surface area contributed by atoms with E-state index in [4.69, 9.17) is 9.15 Å². The molecule has 0 spiro atoms. The number of ether oxygens (including phenoxy) is 1. The summed E-state index contributed by atoms with van der Waals surface area (Å²) >= 11 is 0. The molecule has 4 rings (SSSR count). The van der Waals surface area contributed by atoms with Gasteiger partial charge in [-0.1, -0.05) is 0 Å². The lowest BCUT2D eigenvalue weighted by molar-refractivity contribution is 0.205. The van der Waals surface area contributed by atoms with Gasteiger partial charge in [0.15, 0.2) is 23.8 Å². The van der Waals surface area contributed by atoms with Gasteiger partial charge in [-0.25, -0.2) is 15.0 Å². The lowest BCUT2D eigenvalue weighted by Gasteiger charge is -2.36. The highest BCUT2D eigenvalue weighted by atomic mass is 16.5. The maximum absolute atomic E-state index is 5.40. The molecule has 0 atom stereocenters. The van der Waals surface area contributed by atoms with Gasteiger partial charge in [0.2, 0.25) is 0 Å². The summed E-state index contributed by atoms with van der Waals surface area (Å²) < 4.78 is 10.8. The fourth-order valence-electron chi connectivity index (χ4n) is 2.77. The van der Waals surface area contributed by atoms with Crippen molar-refractivity contribution < 1.29 is 9.15 Å². The van der Waals surface area contributed by atoms with Crippen molar-refractivity contribution in [2.24, 2.45) is 0 Å². The van der Waals surface area contributed by atoms with E-state index in [1.807, 2.05) is 35.0 Å². The summed E-state index contributed by atoms with van der Waals surface area (Å²) in [6, 6.07) is 6.08. The number of rotatable bonds is 3. The lowest BCUT2D eigenvalue weighted by atomic mass is 10.1. The SMILES string of the molecule is COCN1c2cc(-c3cnco3)ccc2N(C)c2nccnc21. The van der Waals surface area contributed by atoms with Crippen LogP contribution in [-0.2, 0) is 4.74 Å². The van der Waals surface area contributed by atoms with Gasteiger partial charge in [0.1, 0.15) is 6.73 Å². The van der Waals surface area contributed by atoms with E-state index in [1.54, 1.807) is 25.7 Å². The second kappa shape index (κ2) is 5.36. The Bertz CT molecular complexity index is 834. The highest BCUT2D eigenvalue weighted by molar-refractivity contribution is 5.91.